The zero-order valence-corrected chi connectivity index (χ0v) is 11.3. The van der Waals surface area contributed by atoms with E-state index in [0.717, 1.165) is 37.4 Å². The molecule has 3 heteroatoms. The Kier molecular flexibility index (Phi) is 3.45. The summed E-state index contributed by atoms with van der Waals surface area (Å²) in [4.78, 5) is 12.5. The summed E-state index contributed by atoms with van der Waals surface area (Å²) in [5, 5.41) is 0. The Morgan fingerprint density at radius 1 is 1.11 bits per heavy atom. The highest BCUT2D eigenvalue weighted by Gasteiger charge is 2.34. The Labute approximate surface area is 113 Å². The third-order valence-electron chi connectivity index (χ3n) is 4.24. The first kappa shape index (κ1) is 12.5. The van der Waals surface area contributed by atoms with Gasteiger partial charge in [-0.05, 0) is 30.9 Å². The molecule has 0 amide bonds. The lowest BCUT2D eigenvalue weighted by atomic mass is 9.80. The Balaban J connectivity index is 1.66. The fourth-order valence-corrected chi connectivity index (χ4v) is 2.97. The van der Waals surface area contributed by atoms with E-state index in [9.17, 15) is 4.79 Å². The van der Waals surface area contributed by atoms with Gasteiger partial charge in [0.2, 0.25) is 0 Å². The molecule has 0 aromatic heterocycles. The molecular weight excluding hydrogens is 240 g/mol. The number of para-hydroxylation sites is 2. The second-order valence-corrected chi connectivity index (χ2v) is 5.72. The van der Waals surface area contributed by atoms with Crippen molar-refractivity contribution in [1.82, 2.24) is 0 Å². The first-order valence-electron chi connectivity index (χ1n) is 7.16. The summed E-state index contributed by atoms with van der Waals surface area (Å²) < 4.78 is 11.4. The van der Waals surface area contributed by atoms with Crippen LogP contribution in [-0.2, 0) is 4.79 Å². The van der Waals surface area contributed by atoms with Crippen LogP contribution in [0, 0.1) is 11.8 Å². The van der Waals surface area contributed by atoms with E-state index in [1.165, 1.54) is 0 Å². The number of benzene rings is 1. The molecule has 1 heterocycles. The monoisotopic (exact) mass is 260 g/mol. The van der Waals surface area contributed by atoms with Crippen molar-refractivity contribution in [3.63, 3.8) is 0 Å². The molecule has 0 bridgehead atoms. The van der Waals surface area contributed by atoms with Crippen molar-refractivity contribution in [2.24, 2.45) is 11.8 Å². The molecule has 0 saturated heterocycles. The van der Waals surface area contributed by atoms with Gasteiger partial charge in [0.05, 0.1) is 0 Å². The summed E-state index contributed by atoms with van der Waals surface area (Å²) in [6.45, 7) is 2.61. The van der Waals surface area contributed by atoms with Crippen LogP contribution in [0.4, 0.5) is 0 Å². The summed E-state index contributed by atoms with van der Waals surface area (Å²) in [6.07, 6.45) is 3.89. The average molecular weight is 260 g/mol. The van der Waals surface area contributed by atoms with E-state index in [-0.39, 0.29) is 11.7 Å². The van der Waals surface area contributed by atoms with E-state index in [4.69, 9.17) is 9.47 Å². The van der Waals surface area contributed by atoms with E-state index in [0.29, 0.717) is 12.4 Å². The van der Waals surface area contributed by atoms with E-state index in [1.807, 2.05) is 24.3 Å². The Morgan fingerprint density at radius 2 is 1.79 bits per heavy atom. The third kappa shape index (κ3) is 2.60. The number of rotatable bonds is 2. The van der Waals surface area contributed by atoms with Crippen molar-refractivity contribution >= 4 is 5.78 Å². The summed E-state index contributed by atoms with van der Waals surface area (Å²) in [7, 11) is 0. The fraction of sp³-hybridized carbons (Fsp3) is 0.562. The zero-order chi connectivity index (χ0) is 13.2. The van der Waals surface area contributed by atoms with Gasteiger partial charge in [-0.2, -0.15) is 0 Å². The number of ketones is 1. The van der Waals surface area contributed by atoms with Gasteiger partial charge in [-0.25, -0.2) is 0 Å². The summed E-state index contributed by atoms with van der Waals surface area (Å²) in [5.41, 5.74) is 0. The SMILES string of the molecule is CC1CCC(C(=O)C2COc3ccccc3O2)CC1. The molecule has 1 unspecified atom stereocenters. The predicted octanol–water partition coefficient (Wildman–Crippen LogP) is 3.22. The molecule has 1 aromatic rings. The maximum Gasteiger partial charge on any atom is 0.191 e. The fourth-order valence-electron chi connectivity index (χ4n) is 2.97. The Bertz CT molecular complexity index is 461. The molecule has 102 valence electrons. The first-order chi connectivity index (χ1) is 9.24. The molecule has 0 spiro atoms. The van der Waals surface area contributed by atoms with Crippen LogP contribution in [0.1, 0.15) is 32.6 Å². The van der Waals surface area contributed by atoms with E-state index in [2.05, 4.69) is 6.92 Å². The maximum atomic E-state index is 12.5. The van der Waals surface area contributed by atoms with E-state index in [1.54, 1.807) is 0 Å². The average Bonchev–Trinajstić information content (AvgIpc) is 2.47. The number of Topliss-reactive ketones (excluding diaryl/α,β-unsaturated/α-hetero) is 1. The lowest BCUT2D eigenvalue weighted by Crippen LogP contribution is -2.41. The van der Waals surface area contributed by atoms with Crippen LogP contribution in [0.3, 0.4) is 0 Å². The molecule has 3 nitrogen and oxygen atoms in total. The number of ether oxygens (including phenoxy) is 2. The number of carbonyl (C=O) groups excluding carboxylic acids is 1. The van der Waals surface area contributed by atoms with Gasteiger partial charge in [-0.3, -0.25) is 4.79 Å². The molecule has 1 aliphatic carbocycles. The largest absolute Gasteiger partial charge is 0.485 e. The Hall–Kier alpha value is -1.51. The highest BCUT2D eigenvalue weighted by molar-refractivity contribution is 5.86. The predicted molar refractivity (Wildman–Crippen MR) is 72.5 cm³/mol. The molecule has 3 rings (SSSR count). The van der Waals surface area contributed by atoms with Gasteiger partial charge in [0.15, 0.2) is 23.4 Å². The highest BCUT2D eigenvalue weighted by Crippen LogP contribution is 2.34. The van der Waals surface area contributed by atoms with Crippen molar-refractivity contribution < 1.29 is 14.3 Å². The summed E-state index contributed by atoms with van der Waals surface area (Å²) in [5.74, 6) is 2.57. The Morgan fingerprint density at radius 3 is 2.53 bits per heavy atom. The molecule has 19 heavy (non-hydrogen) atoms. The van der Waals surface area contributed by atoms with Gasteiger partial charge in [0.1, 0.15) is 6.61 Å². The molecule has 2 aliphatic rings. The maximum absolute atomic E-state index is 12.5. The number of hydrogen-bond acceptors (Lipinski definition) is 3. The van der Waals surface area contributed by atoms with Gasteiger partial charge < -0.3 is 9.47 Å². The standard InChI is InChI=1S/C16H20O3/c1-11-6-8-12(9-7-11)16(17)15-10-18-13-4-2-3-5-14(13)19-15/h2-5,11-12,15H,6-10H2,1H3. The number of fused-ring (bicyclic) bond motifs is 1. The lowest BCUT2D eigenvalue weighted by molar-refractivity contribution is -0.133. The normalized spacial score (nSPS) is 29.8. The van der Waals surface area contributed by atoms with Crippen molar-refractivity contribution in [2.45, 2.75) is 38.7 Å². The minimum atomic E-state index is -0.423. The topological polar surface area (TPSA) is 35.5 Å². The summed E-state index contributed by atoms with van der Waals surface area (Å²) >= 11 is 0. The lowest BCUT2D eigenvalue weighted by Gasteiger charge is -2.31. The molecule has 1 saturated carbocycles. The van der Waals surface area contributed by atoms with Crippen molar-refractivity contribution in [3.8, 4) is 11.5 Å². The minimum absolute atomic E-state index is 0.162. The second-order valence-electron chi connectivity index (χ2n) is 5.72. The van der Waals surface area contributed by atoms with Crippen molar-refractivity contribution in [2.75, 3.05) is 6.61 Å². The third-order valence-corrected chi connectivity index (χ3v) is 4.24. The van der Waals surface area contributed by atoms with Gasteiger partial charge in [-0.1, -0.05) is 31.9 Å². The van der Waals surface area contributed by atoms with Crippen LogP contribution >= 0.6 is 0 Å². The van der Waals surface area contributed by atoms with Gasteiger partial charge >= 0.3 is 0 Å². The van der Waals surface area contributed by atoms with Gasteiger partial charge in [0.25, 0.3) is 0 Å². The van der Waals surface area contributed by atoms with E-state index >= 15 is 0 Å². The minimum Gasteiger partial charge on any atom is -0.485 e. The van der Waals surface area contributed by atoms with Crippen LogP contribution < -0.4 is 9.47 Å². The van der Waals surface area contributed by atoms with Crippen molar-refractivity contribution in [1.29, 1.82) is 0 Å². The van der Waals surface area contributed by atoms with Crippen LogP contribution in [0.5, 0.6) is 11.5 Å². The molecule has 1 aliphatic heterocycles. The number of carbonyl (C=O) groups is 1. The summed E-state index contributed by atoms with van der Waals surface area (Å²) in [6, 6.07) is 7.54. The first-order valence-corrected chi connectivity index (χ1v) is 7.16. The van der Waals surface area contributed by atoms with Gasteiger partial charge in [-0.15, -0.1) is 0 Å². The van der Waals surface area contributed by atoms with E-state index < -0.39 is 6.10 Å². The van der Waals surface area contributed by atoms with Crippen LogP contribution in [0.2, 0.25) is 0 Å². The molecule has 1 aromatic carbocycles. The van der Waals surface area contributed by atoms with Crippen LogP contribution in [0.15, 0.2) is 24.3 Å². The quantitative estimate of drug-likeness (QED) is 0.819. The second kappa shape index (κ2) is 5.24. The molecule has 1 atom stereocenters. The van der Waals surface area contributed by atoms with Crippen molar-refractivity contribution in [3.05, 3.63) is 24.3 Å². The zero-order valence-electron chi connectivity index (χ0n) is 11.3. The molecule has 1 fully saturated rings. The number of hydrogen-bond donors (Lipinski definition) is 0. The van der Waals surface area contributed by atoms with Gasteiger partial charge in [0, 0.05) is 5.92 Å². The van der Waals surface area contributed by atoms with Crippen LogP contribution in [-0.4, -0.2) is 18.5 Å². The molecular formula is C16H20O3. The smallest absolute Gasteiger partial charge is 0.191 e. The molecule has 0 radical (unpaired) electrons. The highest BCUT2D eigenvalue weighted by atomic mass is 16.6. The molecule has 0 N–H and O–H groups in total. The van der Waals surface area contributed by atoms with Crippen LogP contribution in [0.25, 0.3) is 0 Å².